The molecule has 6 heterocycles. The Hall–Kier alpha value is -12.0. The maximum atomic E-state index is 4.91. The summed E-state index contributed by atoms with van der Waals surface area (Å²) in [5.41, 5.74) is 19.8. The van der Waals surface area contributed by atoms with Crippen LogP contribution in [0.2, 0.25) is 0 Å². The van der Waals surface area contributed by atoms with Crippen molar-refractivity contribution in [3.63, 3.8) is 0 Å². The first-order valence-corrected chi connectivity index (χ1v) is 36.6. The Morgan fingerprint density at radius 1 is 0.358 bits per heavy atom. The van der Waals surface area contributed by atoms with E-state index in [0.29, 0.717) is 23.5 Å². The van der Waals surface area contributed by atoms with Gasteiger partial charge in [-0.25, -0.2) is 0 Å². The van der Waals surface area contributed by atoms with E-state index in [4.69, 9.17) is 19.9 Å². The second-order valence-corrected chi connectivity index (χ2v) is 28.2. The van der Waals surface area contributed by atoms with Crippen LogP contribution in [0.5, 0.6) is 0 Å². The SMILES string of the molecule is CC(C)Cc1ccc2cnc(-c3[c-]cccc3)cc2c1.Cc1[c-]c(-c2nccc3ccc(C(C)C)cc23)cc(C)c1.[Ir].[Ir].[c-]1cc2c3ccccc3n(-c3ccccc3)c2cc1-c1ncc2c(ccc3ccccc32)n1.[c-]1cc2c3ccccc3n(-c3ccccc3)c2cc1-c1ncc2cc3ccccc3cc2n1. The van der Waals surface area contributed by atoms with E-state index < -0.39 is 0 Å². The van der Waals surface area contributed by atoms with Gasteiger partial charge in [0.15, 0.2) is 0 Å². The molecule has 0 N–H and O–H groups in total. The van der Waals surface area contributed by atoms with Crippen molar-refractivity contribution in [2.24, 2.45) is 5.92 Å². The molecule has 0 fully saturated rings. The molecule has 0 unspecified atom stereocenters. The molecule has 2 radical (unpaired) electrons. The van der Waals surface area contributed by atoms with Crippen LogP contribution in [-0.2, 0) is 46.6 Å². The third-order valence-electron chi connectivity index (χ3n) is 19.9. The monoisotopic (exact) mass is 1760 g/mol. The van der Waals surface area contributed by atoms with Gasteiger partial charge in [0.25, 0.3) is 0 Å². The van der Waals surface area contributed by atoms with Crippen molar-refractivity contribution in [1.29, 1.82) is 0 Å². The molecule has 532 valence electrons. The zero-order chi connectivity index (χ0) is 72.5. The maximum Gasteiger partial charge on any atom is 0.0756 e. The van der Waals surface area contributed by atoms with Crippen molar-refractivity contribution in [2.45, 2.75) is 53.9 Å². The van der Waals surface area contributed by atoms with E-state index in [0.717, 1.165) is 89.8 Å². The van der Waals surface area contributed by atoms with Crippen molar-refractivity contribution in [1.82, 2.24) is 39.0 Å². The number of hydrogen-bond donors (Lipinski definition) is 0. The van der Waals surface area contributed by atoms with Crippen molar-refractivity contribution < 1.29 is 40.2 Å². The summed E-state index contributed by atoms with van der Waals surface area (Å²) in [6.07, 6.45) is 8.80. The van der Waals surface area contributed by atoms with E-state index in [1.165, 1.54) is 92.4 Å². The Labute approximate surface area is 661 Å². The van der Waals surface area contributed by atoms with Crippen LogP contribution in [-0.4, -0.2) is 39.0 Å². The van der Waals surface area contributed by atoms with Gasteiger partial charge in [0, 0.05) is 98.2 Å². The Morgan fingerprint density at radius 2 is 0.927 bits per heavy atom. The number of nitrogens with zero attached hydrogens (tertiary/aromatic N) is 8. The summed E-state index contributed by atoms with van der Waals surface area (Å²) < 4.78 is 4.60. The molecular weight excluding hydrogens is 1690 g/mol. The summed E-state index contributed by atoms with van der Waals surface area (Å²) in [6.45, 7) is 13.2. The Bertz CT molecular complexity index is 6520. The average molecular weight is 1760 g/mol. The largest absolute Gasteiger partial charge is 0.328 e. The molecule has 10 heteroatoms. The van der Waals surface area contributed by atoms with E-state index in [-0.39, 0.29) is 40.2 Å². The fraction of sp³-hybridized carbons (Fsp3) is 0.0909. The summed E-state index contributed by atoms with van der Waals surface area (Å²) in [5, 5.41) is 16.5. The Balaban J connectivity index is 0.000000118. The van der Waals surface area contributed by atoms with Crippen LogP contribution in [0.25, 0.3) is 165 Å². The molecule has 6 aromatic heterocycles. The van der Waals surface area contributed by atoms with Gasteiger partial charge in [0.2, 0.25) is 0 Å². The quantitative estimate of drug-likeness (QED) is 0.0813. The first-order chi connectivity index (χ1) is 52.5. The number of rotatable bonds is 9. The summed E-state index contributed by atoms with van der Waals surface area (Å²) >= 11 is 0. The topological polar surface area (TPSA) is 87.2 Å². The summed E-state index contributed by atoms with van der Waals surface area (Å²) in [6, 6.07) is 115. The number of pyridine rings is 2. The second kappa shape index (κ2) is 31.8. The van der Waals surface area contributed by atoms with E-state index in [1.807, 2.05) is 61.2 Å². The zero-order valence-electron chi connectivity index (χ0n) is 61.1. The molecule has 20 rings (SSSR count). The van der Waals surface area contributed by atoms with Gasteiger partial charge in [-0.3, -0.25) is 19.9 Å². The van der Waals surface area contributed by atoms with Gasteiger partial charge in [0.1, 0.15) is 0 Å². The van der Waals surface area contributed by atoms with Crippen molar-refractivity contribution in [3.8, 4) is 56.7 Å². The van der Waals surface area contributed by atoms with Gasteiger partial charge in [-0.05, 0) is 166 Å². The van der Waals surface area contributed by atoms with Gasteiger partial charge in [-0.2, -0.15) is 0 Å². The van der Waals surface area contributed by atoms with Crippen LogP contribution in [0.4, 0.5) is 0 Å². The predicted molar refractivity (Wildman–Crippen MR) is 445 cm³/mol. The summed E-state index contributed by atoms with van der Waals surface area (Å²) in [5.74, 6) is 2.57. The molecular formula is C99H74Ir2N8-4. The molecule has 0 atom stereocenters. The molecule has 0 saturated heterocycles. The maximum absolute atomic E-state index is 4.91. The predicted octanol–water partition coefficient (Wildman–Crippen LogP) is 25.0. The fourth-order valence-corrected chi connectivity index (χ4v) is 14.8. The smallest absolute Gasteiger partial charge is 0.0756 e. The molecule has 8 nitrogen and oxygen atoms in total. The zero-order valence-corrected chi connectivity index (χ0v) is 65.9. The second-order valence-electron chi connectivity index (χ2n) is 28.2. The van der Waals surface area contributed by atoms with E-state index >= 15 is 0 Å². The van der Waals surface area contributed by atoms with Gasteiger partial charge >= 0.3 is 0 Å². The summed E-state index contributed by atoms with van der Waals surface area (Å²) in [4.78, 5) is 28.4. The first-order valence-electron chi connectivity index (χ1n) is 36.6. The number of fused-ring (bicyclic) bond motifs is 13. The molecule has 0 aliphatic rings. The molecule has 20 aromatic rings. The van der Waals surface area contributed by atoms with E-state index in [2.05, 4.69) is 340 Å². The van der Waals surface area contributed by atoms with E-state index in [9.17, 15) is 0 Å². The van der Waals surface area contributed by atoms with Crippen LogP contribution >= 0.6 is 0 Å². The van der Waals surface area contributed by atoms with Crippen molar-refractivity contribution in [2.75, 3.05) is 0 Å². The third-order valence-corrected chi connectivity index (χ3v) is 19.9. The standard InChI is InChI=1S/2C30H18N3.C20H20N.C19H18N.2Ir/c1-2-10-24(11-3-1)33-28-13-7-6-12-25(28)26-15-14-22(18-29(26)33)30-31-19-23-16-20-8-4-5-9-21(20)17-27(23)32-30;1-2-9-22(10-3-1)33-28-13-7-6-12-24(28)25-16-14-21(18-29(25)33)30-31-19-26-23-11-5-4-8-20(23)15-17-27(26)32-30;1-13(2)17-6-5-16-7-8-21-20(19(16)12-17)18-10-14(3)9-15(4)11-18;1-14(2)10-15-8-9-17-13-20-19(12-18(17)11-15)16-6-4-3-5-7-16;;/h2*1-13,15-19H;5-10,12-13H,1-4H3;3-6,8-9,11-14H,10H2,1-2H3;;/q4*-1;;. The van der Waals surface area contributed by atoms with Gasteiger partial charge in [-0.1, -0.05) is 222 Å². The molecule has 14 aromatic carbocycles. The van der Waals surface area contributed by atoms with Gasteiger partial charge in [0.05, 0.1) is 22.7 Å². The molecule has 0 saturated carbocycles. The molecule has 0 spiro atoms. The Kier molecular flexibility index (Phi) is 21.2. The molecule has 0 aliphatic carbocycles. The minimum absolute atomic E-state index is 0. The molecule has 0 amide bonds. The number of para-hydroxylation sites is 4. The first kappa shape index (κ1) is 72.6. The molecule has 109 heavy (non-hydrogen) atoms. The van der Waals surface area contributed by atoms with Crippen LogP contribution < -0.4 is 0 Å². The molecule has 0 aliphatic heterocycles. The minimum atomic E-state index is 0. The minimum Gasteiger partial charge on any atom is -0.328 e. The normalized spacial score (nSPS) is 11.3. The number of aromatic nitrogens is 8. The number of aryl methyl sites for hydroxylation is 2. The van der Waals surface area contributed by atoms with Crippen LogP contribution in [0.3, 0.4) is 0 Å². The van der Waals surface area contributed by atoms with Gasteiger partial charge in [-0.15, -0.1) is 118 Å². The fourth-order valence-electron chi connectivity index (χ4n) is 14.8. The van der Waals surface area contributed by atoms with Crippen LogP contribution in [0.15, 0.2) is 316 Å². The number of hydrogen-bond acceptors (Lipinski definition) is 6. The van der Waals surface area contributed by atoms with Crippen molar-refractivity contribution in [3.05, 3.63) is 362 Å². The Morgan fingerprint density at radius 3 is 1.57 bits per heavy atom. The van der Waals surface area contributed by atoms with E-state index in [1.54, 1.807) is 0 Å². The third kappa shape index (κ3) is 15.0. The summed E-state index contributed by atoms with van der Waals surface area (Å²) in [7, 11) is 0. The number of benzene rings is 14. The van der Waals surface area contributed by atoms with Crippen molar-refractivity contribution >= 4 is 109 Å². The van der Waals surface area contributed by atoms with Crippen LogP contribution in [0, 0.1) is 44.0 Å². The average Bonchev–Trinajstić information content (AvgIpc) is 1.62. The van der Waals surface area contributed by atoms with Crippen LogP contribution in [0.1, 0.15) is 55.9 Å². The molecule has 0 bridgehead atoms. The van der Waals surface area contributed by atoms with Gasteiger partial charge < -0.3 is 19.1 Å².